The molecule has 29 heavy (non-hydrogen) atoms. The van der Waals surface area contributed by atoms with E-state index in [1.807, 2.05) is 37.3 Å². The second kappa shape index (κ2) is 9.25. The first kappa shape index (κ1) is 20.4. The lowest BCUT2D eigenvalue weighted by Crippen LogP contribution is -2.25. The van der Waals surface area contributed by atoms with Crippen molar-refractivity contribution in [1.82, 2.24) is 5.32 Å². The molecule has 6 nitrogen and oxygen atoms in total. The summed E-state index contributed by atoms with van der Waals surface area (Å²) in [6, 6.07) is 21.8. The van der Waals surface area contributed by atoms with E-state index in [9.17, 15) is 13.2 Å². The molecule has 0 bridgehead atoms. The fourth-order valence-corrected chi connectivity index (χ4v) is 3.70. The molecule has 7 heteroatoms. The molecule has 0 fully saturated rings. The number of hydrogen-bond donors (Lipinski definition) is 2. The summed E-state index contributed by atoms with van der Waals surface area (Å²) in [6.07, 6.45) is 0.789. The minimum atomic E-state index is -3.87. The molecule has 150 valence electrons. The molecule has 0 aliphatic heterocycles. The second-order valence-corrected chi connectivity index (χ2v) is 7.98. The molecule has 3 aromatic rings. The zero-order valence-corrected chi connectivity index (χ0v) is 16.8. The maximum absolute atomic E-state index is 12.8. The quantitative estimate of drug-likeness (QED) is 0.576. The van der Waals surface area contributed by atoms with Gasteiger partial charge in [0.15, 0.2) is 0 Å². The Morgan fingerprint density at radius 2 is 1.48 bits per heavy atom. The number of carbonyl (C=O) groups is 1. The van der Waals surface area contributed by atoms with Crippen molar-refractivity contribution < 1.29 is 17.9 Å². The summed E-state index contributed by atoms with van der Waals surface area (Å²) < 4.78 is 33.7. The third-order valence-electron chi connectivity index (χ3n) is 4.06. The number of hydrogen-bond acceptors (Lipinski definition) is 4. The number of benzene rings is 3. The largest absolute Gasteiger partial charge is 0.457 e. The summed E-state index contributed by atoms with van der Waals surface area (Å²) >= 11 is 0. The Kier molecular flexibility index (Phi) is 6.51. The van der Waals surface area contributed by atoms with E-state index in [-0.39, 0.29) is 22.1 Å². The maximum atomic E-state index is 12.8. The van der Waals surface area contributed by atoms with Gasteiger partial charge in [-0.2, -0.15) is 0 Å². The predicted octanol–water partition coefficient (Wildman–Crippen LogP) is 4.42. The minimum absolute atomic E-state index is 0.0710. The zero-order valence-electron chi connectivity index (χ0n) is 16.0. The van der Waals surface area contributed by atoms with E-state index >= 15 is 0 Å². The normalized spacial score (nSPS) is 10.9. The maximum Gasteiger partial charge on any atom is 0.261 e. The molecule has 0 saturated heterocycles. The Hall–Kier alpha value is -3.32. The predicted molar refractivity (Wildman–Crippen MR) is 113 cm³/mol. The average Bonchev–Trinajstić information content (AvgIpc) is 2.73. The number of nitrogens with one attached hydrogen (secondary N) is 2. The highest BCUT2D eigenvalue weighted by atomic mass is 32.2. The van der Waals surface area contributed by atoms with Crippen LogP contribution >= 0.6 is 0 Å². The molecule has 0 aromatic heterocycles. The fourth-order valence-electron chi connectivity index (χ4n) is 2.62. The van der Waals surface area contributed by atoms with Gasteiger partial charge in [-0.3, -0.25) is 9.52 Å². The van der Waals surface area contributed by atoms with Crippen molar-refractivity contribution in [3.63, 3.8) is 0 Å². The molecule has 0 aliphatic carbocycles. The van der Waals surface area contributed by atoms with E-state index in [0.29, 0.717) is 18.0 Å². The first-order chi connectivity index (χ1) is 14.0. The van der Waals surface area contributed by atoms with Gasteiger partial charge in [0.1, 0.15) is 11.5 Å². The van der Waals surface area contributed by atoms with Crippen LogP contribution in [0.5, 0.6) is 11.5 Å². The minimum Gasteiger partial charge on any atom is -0.457 e. The van der Waals surface area contributed by atoms with Crippen LogP contribution in [0.2, 0.25) is 0 Å². The Bertz CT molecular complexity index is 1070. The molecular formula is C22H22N2O4S. The van der Waals surface area contributed by atoms with Crippen LogP contribution in [0.3, 0.4) is 0 Å². The Morgan fingerprint density at radius 1 is 0.862 bits per heavy atom. The topological polar surface area (TPSA) is 84.5 Å². The first-order valence-corrected chi connectivity index (χ1v) is 10.7. The molecule has 0 saturated carbocycles. The third kappa shape index (κ3) is 5.36. The highest BCUT2D eigenvalue weighted by Crippen LogP contribution is 2.24. The fraction of sp³-hybridized carbons (Fsp3) is 0.136. The molecule has 0 heterocycles. The highest BCUT2D eigenvalue weighted by Gasteiger charge is 2.18. The Balaban J connectivity index is 1.77. The number of carbonyl (C=O) groups excluding carboxylic acids is 1. The molecule has 2 N–H and O–H groups in total. The molecule has 1 amide bonds. The van der Waals surface area contributed by atoms with E-state index < -0.39 is 10.0 Å². The summed E-state index contributed by atoms with van der Waals surface area (Å²) in [5.41, 5.74) is 0.499. The lowest BCUT2D eigenvalue weighted by atomic mass is 10.1. The molecule has 0 aliphatic rings. The van der Waals surface area contributed by atoms with Crippen LogP contribution in [0.15, 0.2) is 83.8 Å². The van der Waals surface area contributed by atoms with E-state index in [4.69, 9.17) is 4.74 Å². The van der Waals surface area contributed by atoms with Gasteiger partial charge in [-0.1, -0.05) is 37.3 Å². The number of amides is 1. The van der Waals surface area contributed by atoms with Crippen LogP contribution in [0.1, 0.15) is 23.7 Å². The first-order valence-electron chi connectivity index (χ1n) is 9.22. The number of anilines is 1. The van der Waals surface area contributed by atoms with E-state index in [1.165, 1.54) is 12.1 Å². The van der Waals surface area contributed by atoms with Crippen molar-refractivity contribution in [3.8, 4) is 11.5 Å². The van der Waals surface area contributed by atoms with E-state index in [0.717, 1.165) is 6.42 Å². The van der Waals surface area contributed by atoms with Gasteiger partial charge in [-0.15, -0.1) is 0 Å². The lowest BCUT2D eigenvalue weighted by Gasteiger charge is -2.13. The molecule has 0 atom stereocenters. The lowest BCUT2D eigenvalue weighted by molar-refractivity contribution is 0.0954. The molecular weight excluding hydrogens is 388 g/mol. The van der Waals surface area contributed by atoms with Crippen molar-refractivity contribution in [3.05, 3.63) is 84.4 Å². The van der Waals surface area contributed by atoms with Crippen molar-refractivity contribution in [2.45, 2.75) is 18.2 Å². The van der Waals surface area contributed by atoms with Gasteiger partial charge >= 0.3 is 0 Å². The van der Waals surface area contributed by atoms with Crippen LogP contribution in [0.4, 0.5) is 5.69 Å². The van der Waals surface area contributed by atoms with Crippen LogP contribution in [-0.4, -0.2) is 20.9 Å². The molecule has 0 radical (unpaired) electrons. The standard InChI is InChI=1S/C22H22N2O4S/c1-2-16-23-22(25)20-10-6-7-11-21(20)24-29(26,27)19-14-12-18(13-15-19)28-17-8-4-3-5-9-17/h3-15,24H,2,16H2,1H3,(H,23,25). The highest BCUT2D eigenvalue weighted by molar-refractivity contribution is 7.92. The average molecular weight is 410 g/mol. The van der Waals surface area contributed by atoms with Crippen molar-refractivity contribution in [1.29, 1.82) is 0 Å². The van der Waals surface area contributed by atoms with Gasteiger partial charge in [-0.25, -0.2) is 8.42 Å². The van der Waals surface area contributed by atoms with Crippen LogP contribution in [0.25, 0.3) is 0 Å². The van der Waals surface area contributed by atoms with Gasteiger partial charge in [0.2, 0.25) is 0 Å². The van der Waals surface area contributed by atoms with Crippen molar-refractivity contribution in [2.75, 3.05) is 11.3 Å². The summed E-state index contributed by atoms with van der Waals surface area (Å²) in [6.45, 7) is 2.46. The summed E-state index contributed by atoms with van der Waals surface area (Å²) in [5.74, 6) is 0.861. The molecule has 3 rings (SSSR count). The van der Waals surface area contributed by atoms with Gasteiger partial charge < -0.3 is 10.1 Å². The number of sulfonamides is 1. The van der Waals surface area contributed by atoms with Gasteiger partial charge in [-0.05, 0) is 55.0 Å². The number of rotatable bonds is 8. The zero-order chi connectivity index (χ0) is 20.7. The Morgan fingerprint density at radius 3 is 2.17 bits per heavy atom. The number of ether oxygens (including phenoxy) is 1. The smallest absolute Gasteiger partial charge is 0.261 e. The van der Waals surface area contributed by atoms with Crippen LogP contribution < -0.4 is 14.8 Å². The molecule has 0 unspecified atom stereocenters. The summed E-state index contributed by atoms with van der Waals surface area (Å²) in [5, 5.41) is 2.75. The molecule has 3 aromatic carbocycles. The monoisotopic (exact) mass is 410 g/mol. The van der Waals surface area contributed by atoms with Crippen molar-refractivity contribution in [2.24, 2.45) is 0 Å². The summed E-state index contributed by atoms with van der Waals surface area (Å²) in [4.78, 5) is 12.4. The SMILES string of the molecule is CCCNC(=O)c1ccccc1NS(=O)(=O)c1ccc(Oc2ccccc2)cc1. The van der Waals surface area contributed by atoms with Gasteiger partial charge in [0.05, 0.1) is 16.1 Å². The van der Waals surface area contributed by atoms with E-state index in [1.54, 1.807) is 36.4 Å². The van der Waals surface area contributed by atoms with E-state index in [2.05, 4.69) is 10.0 Å². The summed E-state index contributed by atoms with van der Waals surface area (Å²) in [7, 11) is -3.87. The second-order valence-electron chi connectivity index (χ2n) is 6.29. The van der Waals surface area contributed by atoms with Crippen LogP contribution in [0, 0.1) is 0 Å². The third-order valence-corrected chi connectivity index (χ3v) is 5.45. The van der Waals surface area contributed by atoms with Crippen LogP contribution in [-0.2, 0) is 10.0 Å². The Labute approximate surface area is 170 Å². The van der Waals surface area contributed by atoms with Gasteiger partial charge in [0.25, 0.3) is 15.9 Å². The van der Waals surface area contributed by atoms with Gasteiger partial charge in [0, 0.05) is 6.54 Å². The molecule has 0 spiro atoms. The number of para-hydroxylation sites is 2. The van der Waals surface area contributed by atoms with Crippen molar-refractivity contribution >= 4 is 21.6 Å².